The predicted octanol–water partition coefficient (Wildman–Crippen LogP) is 3.33. The van der Waals surface area contributed by atoms with Gasteiger partial charge in [0.2, 0.25) is 0 Å². The number of piperidine rings is 1. The fraction of sp³-hybridized carbons (Fsp3) is 0.375. The number of benzene rings is 2. The lowest BCUT2D eigenvalue weighted by Crippen LogP contribution is -2.45. The van der Waals surface area contributed by atoms with Gasteiger partial charge in [0.05, 0.1) is 5.39 Å². The second-order valence-electron chi connectivity index (χ2n) is 8.99. The van der Waals surface area contributed by atoms with E-state index in [9.17, 15) is 18.4 Å². The van der Waals surface area contributed by atoms with Gasteiger partial charge in [-0.2, -0.15) is 5.10 Å². The smallest absolute Gasteiger partial charge is 0.274 e. The summed E-state index contributed by atoms with van der Waals surface area (Å²) in [6.07, 6.45) is 2.89. The molecule has 1 amide bonds. The molecule has 166 valence electrons. The molecule has 1 unspecified atom stereocenters. The number of nitrogens with zero attached hydrogens (tertiary/aromatic N) is 3. The molecule has 0 bridgehead atoms. The van der Waals surface area contributed by atoms with E-state index in [0.717, 1.165) is 37.9 Å². The lowest BCUT2D eigenvalue weighted by molar-refractivity contribution is 0.0671. The molecule has 2 fully saturated rings. The van der Waals surface area contributed by atoms with Gasteiger partial charge >= 0.3 is 0 Å². The molecule has 1 spiro atoms. The summed E-state index contributed by atoms with van der Waals surface area (Å²) in [7, 11) is 0. The maximum atomic E-state index is 13.6. The summed E-state index contributed by atoms with van der Waals surface area (Å²) >= 11 is 0. The Hall–Kier alpha value is -3.13. The molecule has 32 heavy (non-hydrogen) atoms. The third kappa shape index (κ3) is 3.79. The van der Waals surface area contributed by atoms with Crippen LogP contribution in [0.2, 0.25) is 0 Å². The highest BCUT2D eigenvalue weighted by molar-refractivity contribution is 6.04. The Labute approximate surface area is 183 Å². The number of carbonyl (C=O) groups is 1. The second-order valence-corrected chi connectivity index (χ2v) is 8.99. The molecule has 2 aliphatic heterocycles. The SMILES string of the molecule is O=C(c1n[nH]c(=O)c2ccccc12)N1CCC2(CCCN(Cc3ccc(F)c(F)c3)C2)C1. The van der Waals surface area contributed by atoms with Gasteiger partial charge in [0, 0.05) is 37.0 Å². The number of hydrogen-bond acceptors (Lipinski definition) is 4. The van der Waals surface area contributed by atoms with Gasteiger partial charge in [0.1, 0.15) is 0 Å². The normalized spacial score (nSPS) is 21.5. The summed E-state index contributed by atoms with van der Waals surface area (Å²) in [5, 5.41) is 7.52. The number of carbonyl (C=O) groups excluding carboxylic acids is 1. The number of amides is 1. The third-order valence-corrected chi connectivity index (χ3v) is 6.75. The zero-order chi connectivity index (χ0) is 22.3. The highest BCUT2D eigenvalue weighted by atomic mass is 19.2. The molecule has 1 N–H and O–H groups in total. The van der Waals surface area contributed by atoms with Crippen molar-refractivity contribution in [3.63, 3.8) is 0 Å². The largest absolute Gasteiger partial charge is 0.337 e. The minimum absolute atomic E-state index is 0.0233. The van der Waals surface area contributed by atoms with Gasteiger partial charge in [0.15, 0.2) is 17.3 Å². The first-order chi connectivity index (χ1) is 15.4. The van der Waals surface area contributed by atoms with Crippen molar-refractivity contribution in [1.29, 1.82) is 0 Å². The first-order valence-corrected chi connectivity index (χ1v) is 10.9. The summed E-state index contributed by atoms with van der Waals surface area (Å²) in [5.74, 6) is -1.84. The molecule has 1 aromatic heterocycles. The molecule has 2 aromatic carbocycles. The van der Waals surface area contributed by atoms with Crippen molar-refractivity contribution < 1.29 is 13.6 Å². The minimum atomic E-state index is -0.836. The first-order valence-electron chi connectivity index (χ1n) is 10.9. The molecule has 2 saturated heterocycles. The Morgan fingerprint density at radius 2 is 1.84 bits per heavy atom. The lowest BCUT2D eigenvalue weighted by Gasteiger charge is -2.40. The van der Waals surface area contributed by atoms with E-state index in [1.165, 1.54) is 12.1 Å². The van der Waals surface area contributed by atoms with Gasteiger partial charge in [-0.3, -0.25) is 14.5 Å². The van der Waals surface area contributed by atoms with E-state index in [4.69, 9.17) is 0 Å². The Kier molecular flexibility index (Phi) is 5.25. The molecular weight excluding hydrogens is 414 g/mol. The average molecular weight is 438 g/mol. The number of hydrogen-bond donors (Lipinski definition) is 1. The highest BCUT2D eigenvalue weighted by Gasteiger charge is 2.43. The number of rotatable bonds is 3. The van der Waals surface area contributed by atoms with Crippen molar-refractivity contribution in [3.8, 4) is 0 Å². The van der Waals surface area contributed by atoms with E-state index in [0.29, 0.717) is 30.4 Å². The molecule has 0 radical (unpaired) electrons. The molecule has 2 aliphatic rings. The van der Waals surface area contributed by atoms with Crippen molar-refractivity contribution in [2.75, 3.05) is 26.2 Å². The molecule has 3 aromatic rings. The van der Waals surface area contributed by atoms with Crippen LogP contribution >= 0.6 is 0 Å². The summed E-state index contributed by atoms with van der Waals surface area (Å²) in [6, 6.07) is 11.0. The van der Waals surface area contributed by atoms with Crippen molar-refractivity contribution in [1.82, 2.24) is 20.0 Å². The Morgan fingerprint density at radius 3 is 2.66 bits per heavy atom. The van der Waals surface area contributed by atoms with Crippen LogP contribution in [0.3, 0.4) is 0 Å². The van der Waals surface area contributed by atoms with Gasteiger partial charge in [-0.15, -0.1) is 0 Å². The van der Waals surface area contributed by atoms with Crippen LogP contribution in [-0.2, 0) is 6.54 Å². The van der Waals surface area contributed by atoms with Crippen LogP contribution < -0.4 is 5.56 Å². The summed E-state index contributed by atoms with van der Waals surface area (Å²) in [5.41, 5.74) is 0.683. The van der Waals surface area contributed by atoms with E-state index in [2.05, 4.69) is 15.1 Å². The van der Waals surface area contributed by atoms with Crippen LogP contribution in [-0.4, -0.2) is 52.1 Å². The molecule has 5 rings (SSSR count). The van der Waals surface area contributed by atoms with E-state index >= 15 is 0 Å². The van der Waals surface area contributed by atoms with E-state index in [-0.39, 0.29) is 22.6 Å². The summed E-state index contributed by atoms with van der Waals surface area (Å²) in [4.78, 5) is 29.4. The number of aromatic nitrogens is 2. The van der Waals surface area contributed by atoms with Crippen LogP contribution in [0.15, 0.2) is 47.3 Å². The van der Waals surface area contributed by atoms with Crippen LogP contribution in [0.5, 0.6) is 0 Å². The fourth-order valence-electron chi connectivity index (χ4n) is 5.21. The van der Waals surface area contributed by atoms with Crippen molar-refractivity contribution in [2.24, 2.45) is 5.41 Å². The van der Waals surface area contributed by atoms with Gasteiger partial charge in [-0.05, 0) is 49.6 Å². The molecular formula is C24H24F2N4O2. The van der Waals surface area contributed by atoms with E-state index < -0.39 is 11.6 Å². The Balaban J connectivity index is 1.32. The molecule has 6 nitrogen and oxygen atoms in total. The van der Waals surface area contributed by atoms with Crippen LogP contribution in [0.1, 0.15) is 35.3 Å². The minimum Gasteiger partial charge on any atom is -0.337 e. The number of aromatic amines is 1. The van der Waals surface area contributed by atoms with Crippen LogP contribution in [0.4, 0.5) is 8.78 Å². The molecule has 3 heterocycles. The quantitative estimate of drug-likeness (QED) is 0.681. The standard InChI is InChI=1S/C24H24F2N4O2/c25-19-7-6-16(12-20(19)26)13-29-10-3-8-24(14-29)9-11-30(15-24)23(32)21-17-4-1-2-5-18(17)22(31)28-27-21/h1-2,4-7,12H,3,8-11,13-15H2,(H,28,31). The first kappa shape index (κ1) is 20.8. The van der Waals surface area contributed by atoms with E-state index in [1.807, 2.05) is 4.90 Å². The molecule has 0 aliphatic carbocycles. The van der Waals surface area contributed by atoms with Crippen LogP contribution in [0.25, 0.3) is 10.8 Å². The molecule has 1 atom stereocenters. The van der Waals surface area contributed by atoms with Gasteiger partial charge in [-0.1, -0.05) is 24.3 Å². The number of H-pyrrole nitrogens is 1. The maximum absolute atomic E-state index is 13.6. The number of likely N-dealkylation sites (tertiary alicyclic amines) is 2. The van der Waals surface area contributed by atoms with Crippen molar-refractivity contribution in [3.05, 3.63) is 75.7 Å². The zero-order valence-electron chi connectivity index (χ0n) is 17.6. The number of fused-ring (bicyclic) bond motifs is 1. The third-order valence-electron chi connectivity index (χ3n) is 6.75. The molecule has 0 saturated carbocycles. The maximum Gasteiger partial charge on any atom is 0.274 e. The summed E-state index contributed by atoms with van der Waals surface area (Å²) in [6.45, 7) is 3.50. The van der Waals surface area contributed by atoms with Crippen molar-refractivity contribution in [2.45, 2.75) is 25.8 Å². The van der Waals surface area contributed by atoms with Gasteiger partial charge in [-0.25, -0.2) is 13.9 Å². The number of nitrogens with one attached hydrogen (secondary N) is 1. The van der Waals surface area contributed by atoms with E-state index in [1.54, 1.807) is 30.3 Å². The predicted molar refractivity (Wildman–Crippen MR) is 116 cm³/mol. The fourth-order valence-corrected chi connectivity index (χ4v) is 5.21. The zero-order valence-corrected chi connectivity index (χ0v) is 17.6. The molecule has 8 heteroatoms. The Bertz CT molecular complexity index is 1240. The second kappa shape index (κ2) is 8.09. The topological polar surface area (TPSA) is 69.3 Å². The number of halogens is 2. The Morgan fingerprint density at radius 1 is 1.03 bits per heavy atom. The monoisotopic (exact) mass is 438 g/mol. The van der Waals surface area contributed by atoms with Crippen molar-refractivity contribution >= 4 is 16.7 Å². The average Bonchev–Trinajstić information content (AvgIpc) is 3.19. The van der Waals surface area contributed by atoms with Gasteiger partial charge < -0.3 is 4.90 Å². The van der Waals surface area contributed by atoms with Gasteiger partial charge in [0.25, 0.3) is 11.5 Å². The van der Waals surface area contributed by atoms with Crippen LogP contribution in [0, 0.1) is 17.0 Å². The lowest BCUT2D eigenvalue weighted by atomic mass is 9.79. The highest BCUT2D eigenvalue weighted by Crippen LogP contribution is 2.40. The summed E-state index contributed by atoms with van der Waals surface area (Å²) < 4.78 is 26.8.